The number of rotatable bonds is 6. The van der Waals surface area contributed by atoms with Crippen LogP contribution in [-0.4, -0.2) is 65.4 Å². The highest BCUT2D eigenvalue weighted by Crippen LogP contribution is 2.25. The molecule has 4 rings (SSSR count). The molecule has 0 radical (unpaired) electrons. The van der Waals surface area contributed by atoms with Crippen LogP contribution in [0.25, 0.3) is 10.9 Å². The number of carbonyl (C=O) groups is 2. The largest absolute Gasteiger partial charge is 0.347 e. The number of hydrogen-bond donors (Lipinski definition) is 1. The number of urea groups is 1. The Balaban J connectivity index is 1.28. The molecule has 3 aromatic rings. The van der Waals surface area contributed by atoms with Crippen molar-refractivity contribution in [2.45, 2.75) is 13.3 Å². The molecule has 162 valence electrons. The highest BCUT2D eigenvalue weighted by Gasteiger charge is 2.25. The molecule has 1 saturated heterocycles. The summed E-state index contributed by atoms with van der Waals surface area (Å²) >= 11 is 0. The van der Waals surface area contributed by atoms with E-state index in [9.17, 15) is 9.59 Å². The van der Waals surface area contributed by atoms with Gasteiger partial charge in [-0.15, -0.1) is 0 Å². The molecule has 1 aliphatic rings. The highest BCUT2D eigenvalue weighted by molar-refractivity contribution is 6.10. The molecule has 6 heteroatoms. The number of ketones is 1. The number of aromatic nitrogens is 1. The first-order valence-electron chi connectivity index (χ1n) is 10.9. The molecule has 1 fully saturated rings. The summed E-state index contributed by atoms with van der Waals surface area (Å²) in [5.74, 6) is 0.148. The van der Waals surface area contributed by atoms with Gasteiger partial charge in [-0.25, -0.2) is 4.79 Å². The molecule has 0 saturated carbocycles. The number of para-hydroxylation sites is 1. The average Bonchev–Trinajstić information content (AvgIpc) is 3.05. The van der Waals surface area contributed by atoms with Crippen molar-refractivity contribution >= 4 is 22.7 Å². The summed E-state index contributed by atoms with van der Waals surface area (Å²) in [5, 5.41) is 4.03. The van der Waals surface area contributed by atoms with Crippen LogP contribution >= 0.6 is 0 Å². The maximum Gasteiger partial charge on any atom is 0.317 e. The van der Waals surface area contributed by atoms with Crippen molar-refractivity contribution in [3.05, 3.63) is 71.4 Å². The fraction of sp³-hybridized carbons (Fsp3) is 0.360. The second-order valence-corrected chi connectivity index (χ2v) is 8.19. The van der Waals surface area contributed by atoms with E-state index in [4.69, 9.17) is 0 Å². The van der Waals surface area contributed by atoms with E-state index in [2.05, 4.69) is 26.9 Å². The third-order valence-electron chi connectivity index (χ3n) is 6.24. The number of amides is 2. The Morgan fingerprint density at radius 3 is 2.35 bits per heavy atom. The van der Waals surface area contributed by atoms with E-state index in [0.29, 0.717) is 39.3 Å². The molecule has 1 aromatic heterocycles. The number of nitrogens with zero attached hydrogens (tertiary/aromatic N) is 3. The van der Waals surface area contributed by atoms with Crippen molar-refractivity contribution < 1.29 is 9.59 Å². The van der Waals surface area contributed by atoms with E-state index < -0.39 is 0 Å². The smallest absolute Gasteiger partial charge is 0.317 e. The standard InChI is InChI=1S/C25H30N4O2/c1-19-24(21-10-6-7-11-22(21)27(19)2)23(30)18-28-14-16-29(17-15-28)25(31)26-13-12-20-8-4-3-5-9-20/h3-11H,12-18H2,1-2H3,(H,26,31). The van der Waals surface area contributed by atoms with Gasteiger partial charge in [0.15, 0.2) is 5.78 Å². The van der Waals surface area contributed by atoms with Crippen molar-refractivity contribution in [2.75, 3.05) is 39.3 Å². The molecule has 1 N–H and O–H groups in total. The van der Waals surface area contributed by atoms with Gasteiger partial charge in [-0.2, -0.15) is 0 Å². The van der Waals surface area contributed by atoms with Gasteiger partial charge in [0.1, 0.15) is 0 Å². The Kier molecular flexibility index (Phi) is 6.37. The Bertz CT molecular complexity index is 1070. The van der Waals surface area contributed by atoms with Crippen molar-refractivity contribution in [3.8, 4) is 0 Å². The minimum atomic E-state index is -0.0215. The molecular formula is C25H30N4O2. The number of hydrogen-bond acceptors (Lipinski definition) is 3. The predicted octanol–water partition coefficient (Wildman–Crippen LogP) is 3.24. The second-order valence-electron chi connectivity index (χ2n) is 8.19. The van der Waals surface area contributed by atoms with Crippen LogP contribution in [0.3, 0.4) is 0 Å². The Morgan fingerprint density at radius 1 is 0.935 bits per heavy atom. The molecular weight excluding hydrogens is 388 g/mol. The molecule has 0 bridgehead atoms. The molecule has 2 heterocycles. The normalized spacial score (nSPS) is 14.7. The van der Waals surface area contributed by atoms with Crippen molar-refractivity contribution in [2.24, 2.45) is 7.05 Å². The van der Waals surface area contributed by atoms with Crippen LogP contribution in [0.4, 0.5) is 4.79 Å². The Labute approximate surface area is 183 Å². The van der Waals surface area contributed by atoms with Crippen LogP contribution in [0, 0.1) is 6.92 Å². The maximum atomic E-state index is 13.1. The lowest BCUT2D eigenvalue weighted by Gasteiger charge is -2.34. The lowest BCUT2D eigenvalue weighted by molar-refractivity contribution is 0.0879. The zero-order chi connectivity index (χ0) is 21.8. The van der Waals surface area contributed by atoms with E-state index in [1.54, 1.807) is 0 Å². The lowest BCUT2D eigenvalue weighted by Crippen LogP contribution is -2.52. The van der Waals surface area contributed by atoms with Crippen LogP contribution in [0.5, 0.6) is 0 Å². The molecule has 0 atom stereocenters. The highest BCUT2D eigenvalue weighted by atomic mass is 16.2. The number of aryl methyl sites for hydroxylation is 1. The second kappa shape index (κ2) is 9.35. The predicted molar refractivity (Wildman–Crippen MR) is 124 cm³/mol. The number of benzene rings is 2. The van der Waals surface area contributed by atoms with Gasteiger partial charge in [-0.05, 0) is 25.0 Å². The third-order valence-corrected chi connectivity index (χ3v) is 6.24. The van der Waals surface area contributed by atoms with Gasteiger partial charge in [0, 0.05) is 61.9 Å². The molecule has 31 heavy (non-hydrogen) atoms. The summed E-state index contributed by atoms with van der Waals surface area (Å²) in [6.07, 6.45) is 0.825. The minimum Gasteiger partial charge on any atom is -0.347 e. The summed E-state index contributed by atoms with van der Waals surface area (Å²) in [7, 11) is 2.00. The van der Waals surface area contributed by atoms with Crippen LogP contribution in [0.1, 0.15) is 21.6 Å². The Hall–Kier alpha value is -3.12. The number of piperazine rings is 1. The average molecular weight is 419 g/mol. The van der Waals surface area contributed by atoms with Gasteiger partial charge in [-0.1, -0.05) is 48.5 Å². The SMILES string of the molecule is Cc1c(C(=O)CN2CCN(C(=O)NCCc3ccccc3)CC2)c2ccccc2n1C. The molecule has 2 amide bonds. The maximum absolute atomic E-state index is 13.1. The van der Waals surface area contributed by atoms with Crippen molar-refractivity contribution in [1.29, 1.82) is 0 Å². The quantitative estimate of drug-likeness (QED) is 0.626. The minimum absolute atomic E-state index is 0.0215. The van der Waals surface area contributed by atoms with Gasteiger partial charge in [0.05, 0.1) is 6.54 Å². The number of fused-ring (bicyclic) bond motifs is 1. The van der Waals surface area contributed by atoms with E-state index in [-0.39, 0.29) is 11.8 Å². The number of nitrogens with one attached hydrogen (secondary N) is 1. The van der Waals surface area contributed by atoms with Crippen LogP contribution < -0.4 is 5.32 Å². The zero-order valence-corrected chi connectivity index (χ0v) is 18.3. The first-order valence-corrected chi connectivity index (χ1v) is 10.9. The van der Waals surface area contributed by atoms with E-state index >= 15 is 0 Å². The molecule has 0 unspecified atom stereocenters. The van der Waals surface area contributed by atoms with Gasteiger partial charge in [0.2, 0.25) is 0 Å². The molecule has 6 nitrogen and oxygen atoms in total. The van der Waals surface area contributed by atoms with Crippen LogP contribution in [0.15, 0.2) is 54.6 Å². The number of carbonyl (C=O) groups excluding carboxylic acids is 2. The van der Waals surface area contributed by atoms with E-state index in [0.717, 1.165) is 28.6 Å². The van der Waals surface area contributed by atoms with Crippen molar-refractivity contribution in [1.82, 2.24) is 19.7 Å². The van der Waals surface area contributed by atoms with Gasteiger partial charge in [0.25, 0.3) is 0 Å². The van der Waals surface area contributed by atoms with Gasteiger partial charge < -0.3 is 14.8 Å². The fourth-order valence-electron chi connectivity index (χ4n) is 4.33. The summed E-state index contributed by atoms with van der Waals surface area (Å²) in [6.45, 7) is 5.71. The Morgan fingerprint density at radius 2 is 1.61 bits per heavy atom. The summed E-state index contributed by atoms with van der Waals surface area (Å²) in [5.41, 5.74) is 4.12. The summed E-state index contributed by atoms with van der Waals surface area (Å²) in [4.78, 5) is 29.6. The fourth-order valence-corrected chi connectivity index (χ4v) is 4.33. The zero-order valence-electron chi connectivity index (χ0n) is 18.3. The lowest BCUT2D eigenvalue weighted by atomic mass is 10.1. The van der Waals surface area contributed by atoms with E-state index in [1.165, 1.54) is 5.56 Å². The first kappa shape index (κ1) is 21.1. The number of Topliss-reactive ketones (excluding diaryl/α,β-unsaturated/α-hetero) is 1. The molecule has 1 aliphatic heterocycles. The molecule has 0 spiro atoms. The van der Waals surface area contributed by atoms with E-state index in [1.807, 2.05) is 61.3 Å². The first-order chi connectivity index (χ1) is 15.0. The van der Waals surface area contributed by atoms with Gasteiger partial charge >= 0.3 is 6.03 Å². The summed E-state index contributed by atoms with van der Waals surface area (Å²) in [6, 6.07) is 18.2. The molecule has 0 aliphatic carbocycles. The van der Waals surface area contributed by atoms with Crippen LogP contribution in [-0.2, 0) is 13.5 Å². The van der Waals surface area contributed by atoms with Gasteiger partial charge in [-0.3, -0.25) is 9.69 Å². The monoisotopic (exact) mass is 418 g/mol. The topological polar surface area (TPSA) is 57.6 Å². The van der Waals surface area contributed by atoms with Crippen molar-refractivity contribution in [3.63, 3.8) is 0 Å². The molecule has 2 aromatic carbocycles. The van der Waals surface area contributed by atoms with Crippen LogP contribution in [0.2, 0.25) is 0 Å². The summed E-state index contributed by atoms with van der Waals surface area (Å²) < 4.78 is 2.08. The third kappa shape index (κ3) is 4.64.